The van der Waals surface area contributed by atoms with Crippen molar-refractivity contribution in [2.75, 3.05) is 20.2 Å². The number of ether oxygens (including phenoxy) is 1. The zero-order chi connectivity index (χ0) is 24.2. The maximum absolute atomic E-state index is 13.8. The smallest absolute Gasteiger partial charge is 0.308 e. The van der Waals surface area contributed by atoms with E-state index < -0.39 is 0 Å². The lowest BCUT2D eigenvalue weighted by Crippen LogP contribution is -2.44. The van der Waals surface area contributed by atoms with Crippen LogP contribution in [0.15, 0.2) is 29.1 Å². The van der Waals surface area contributed by atoms with Gasteiger partial charge < -0.3 is 14.2 Å². The predicted molar refractivity (Wildman–Crippen MR) is 139 cm³/mol. The van der Waals surface area contributed by atoms with E-state index in [0.717, 1.165) is 62.3 Å². The Hall–Kier alpha value is -2.21. The summed E-state index contributed by atoms with van der Waals surface area (Å²) in [5.74, 6) is 0.160. The third-order valence-electron chi connectivity index (χ3n) is 8.88. The minimum Gasteiger partial charge on any atom is -0.469 e. The Labute approximate surface area is 209 Å². The zero-order valence-electron chi connectivity index (χ0n) is 21.3. The number of fused-ring (bicyclic) bond motifs is 1. The van der Waals surface area contributed by atoms with Crippen LogP contribution in [0.25, 0.3) is 11.0 Å². The molecular weight excluding hydrogens is 438 g/mol. The van der Waals surface area contributed by atoms with Gasteiger partial charge in [0.2, 0.25) is 0 Å². The van der Waals surface area contributed by atoms with Crippen LogP contribution in [0.3, 0.4) is 0 Å². The molecule has 190 valence electrons. The first-order chi connectivity index (χ1) is 17.1. The monoisotopic (exact) mass is 479 g/mol. The average molecular weight is 480 g/mol. The van der Waals surface area contributed by atoms with E-state index in [1.165, 1.54) is 52.1 Å². The fourth-order valence-electron chi connectivity index (χ4n) is 6.92. The third kappa shape index (κ3) is 5.47. The second kappa shape index (κ2) is 11.2. The molecule has 2 aliphatic carbocycles. The molecule has 2 aromatic rings. The van der Waals surface area contributed by atoms with Gasteiger partial charge in [0.05, 0.1) is 24.1 Å². The van der Waals surface area contributed by atoms with Crippen molar-refractivity contribution in [2.45, 2.75) is 95.6 Å². The van der Waals surface area contributed by atoms with Crippen LogP contribution in [-0.4, -0.2) is 46.7 Å². The Morgan fingerprint density at radius 2 is 1.66 bits per heavy atom. The fourth-order valence-corrected chi connectivity index (χ4v) is 6.92. The highest BCUT2D eigenvalue weighted by Crippen LogP contribution is 2.34. The molecule has 2 atom stereocenters. The van der Waals surface area contributed by atoms with Gasteiger partial charge >= 0.3 is 5.97 Å². The van der Waals surface area contributed by atoms with E-state index in [9.17, 15) is 9.59 Å². The summed E-state index contributed by atoms with van der Waals surface area (Å²) in [6.07, 6.45) is 14.9. The quantitative estimate of drug-likeness (QED) is 0.546. The van der Waals surface area contributed by atoms with E-state index in [4.69, 9.17) is 9.72 Å². The first kappa shape index (κ1) is 24.5. The Bertz CT molecular complexity index is 1060. The van der Waals surface area contributed by atoms with E-state index in [1.807, 2.05) is 18.2 Å². The van der Waals surface area contributed by atoms with Crippen LogP contribution < -0.4 is 5.56 Å². The molecule has 0 bridgehead atoms. The maximum Gasteiger partial charge on any atom is 0.308 e. The number of para-hydroxylation sites is 2. The van der Waals surface area contributed by atoms with Crippen molar-refractivity contribution < 1.29 is 9.53 Å². The molecule has 0 amide bonds. The molecule has 3 fully saturated rings. The molecule has 6 nitrogen and oxygen atoms in total. The molecule has 3 aliphatic rings. The molecule has 0 radical (unpaired) electrons. The van der Waals surface area contributed by atoms with Crippen molar-refractivity contribution in [2.24, 2.45) is 11.8 Å². The molecule has 1 aromatic heterocycles. The van der Waals surface area contributed by atoms with Crippen LogP contribution in [0.2, 0.25) is 0 Å². The number of methoxy groups -OCH3 is 1. The van der Waals surface area contributed by atoms with E-state index in [1.54, 1.807) is 0 Å². The second-order valence-corrected chi connectivity index (χ2v) is 11.1. The van der Waals surface area contributed by atoms with Crippen LogP contribution in [0.1, 0.15) is 88.8 Å². The van der Waals surface area contributed by atoms with Crippen LogP contribution >= 0.6 is 0 Å². The molecule has 35 heavy (non-hydrogen) atoms. The predicted octanol–water partition coefficient (Wildman–Crippen LogP) is 5.28. The summed E-state index contributed by atoms with van der Waals surface area (Å²) in [7, 11) is 1.46. The van der Waals surface area contributed by atoms with Crippen molar-refractivity contribution >= 4 is 17.0 Å². The summed E-state index contributed by atoms with van der Waals surface area (Å²) < 4.78 is 7.02. The highest BCUT2D eigenvalue weighted by atomic mass is 16.5. The van der Waals surface area contributed by atoms with Gasteiger partial charge in [0.1, 0.15) is 5.69 Å². The number of benzene rings is 1. The van der Waals surface area contributed by atoms with Gasteiger partial charge in [-0.05, 0) is 69.4 Å². The van der Waals surface area contributed by atoms with Crippen molar-refractivity contribution in [1.29, 1.82) is 0 Å². The number of piperidine rings is 1. The van der Waals surface area contributed by atoms with Crippen LogP contribution in [0.4, 0.5) is 0 Å². The standard InChI is InChI=1S/C29H41N3O3/c1-35-29(34)22-14-13-21(19-22)20-26-28(33)32(27-12-8-7-11-25(27)30-26)24-15-17-31(18-16-24)23-9-5-3-2-4-6-10-23/h7-8,11-12,21-24H,2-6,9-10,13-20H2,1H3/t21-,22+/m1/s1. The molecule has 1 saturated heterocycles. The molecule has 5 rings (SSSR count). The van der Waals surface area contributed by atoms with Crippen LogP contribution in [0.5, 0.6) is 0 Å². The highest BCUT2D eigenvalue weighted by Gasteiger charge is 2.32. The molecule has 6 heteroatoms. The number of aromatic nitrogens is 2. The van der Waals surface area contributed by atoms with E-state index in [0.29, 0.717) is 18.0 Å². The number of rotatable bonds is 5. The van der Waals surface area contributed by atoms with Gasteiger partial charge in [-0.3, -0.25) is 9.59 Å². The van der Waals surface area contributed by atoms with Crippen molar-refractivity contribution in [3.05, 3.63) is 40.3 Å². The number of carbonyl (C=O) groups excluding carboxylic acids is 1. The number of likely N-dealkylation sites (tertiary alicyclic amines) is 1. The summed E-state index contributed by atoms with van der Waals surface area (Å²) in [5, 5.41) is 0. The van der Waals surface area contributed by atoms with Gasteiger partial charge in [-0.15, -0.1) is 0 Å². The molecular formula is C29H41N3O3. The molecule has 2 heterocycles. The van der Waals surface area contributed by atoms with Gasteiger partial charge in [-0.2, -0.15) is 0 Å². The molecule has 0 unspecified atom stereocenters. The van der Waals surface area contributed by atoms with Crippen LogP contribution in [-0.2, 0) is 16.0 Å². The summed E-state index contributed by atoms with van der Waals surface area (Å²) in [4.78, 5) is 33.3. The Morgan fingerprint density at radius 3 is 2.40 bits per heavy atom. The number of carbonyl (C=O) groups is 1. The van der Waals surface area contributed by atoms with E-state index in [-0.39, 0.29) is 23.5 Å². The SMILES string of the molecule is COC(=O)[C@H]1CC[C@@H](Cc2nc3ccccc3n(C3CCN(C4CCCCCCC4)CC3)c2=O)C1. The first-order valence-corrected chi connectivity index (χ1v) is 14.0. The van der Waals surface area contributed by atoms with Gasteiger partial charge in [0.25, 0.3) is 5.56 Å². The zero-order valence-corrected chi connectivity index (χ0v) is 21.3. The second-order valence-electron chi connectivity index (χ2n) is 11.1. The maximum atomic E-state index is 13.8. The minimum atomic E-state index is -0.118. The summed E-state index contributed by atoms with van der Waals surface area (Å²) in [6.45, 7) is 2.16. The number of hydrogen-bond donors (Lipinski definition) is 0. The summed E-state index contributed by atoms with van der Waals surface area (Å²) >= 11 is 0. The van der Waals surface area contributed by atoms with Gasteiger partial charge in [-0.25, -0.2) is 4.98 Å². The Morgan fingerprint density at radius 1 is 0.943 bits per heavy atom. The van der Waals surface area contributed by atoms with Crippen molar-refractivity contribution in [3.63, 3.8) is 0 Å². The lowest BCUT2D eigenvalue weighted by atomic mass is 9.93. The van der Waals surface area contributed by atoms with Gasteiger partial charge in [-0.1, -0.05) is 44.2 Å². The Balaban J connectivity index is 1.34. The Kier molecular flexibility index (Phi) is 7.86. The lowest BCUT2D eigenvalue weighted by molar-refractivity contribution is -0.145. The molecule has 0 spiro atoms. The van der Waals surface area contributed by atoms with Gasteiger partial charge in [0, 0.05) is 25.2 Å². The van der Waals surface area contributed by atoms with E-state index >= 15 is 0 Å². The highest BCUT2D eigenvalue weighted by molar-refractivity contribution is 5.75. The van der Waals surface area contributed by atoms with Crippen molar-refractivity contribution in [1.82, 2.24) is 14.5 Å². The van der Waals surface area contributed by atoms with Gasteiger partial charge in [0.15, 0.2) is 0 Å². The minimum absolute atomic E-state index is 0.0368. The topological polar surface area (TPSA) is 64.4 Å². The molecule has 1 aromatic carbocycles. The van der Waals surface area contributed by atoms with Crippen molar-refractivity contribution in [3.8, 4) is 0 Å². The average Bonchev–Trinajstić information content (AvgIpc) is 3.33. The summed E-state index contributed by atoms with van der Waals surface area (Å²) in [5.41, 5.74) is 2.62. The first-order valence-electron chi connectivity index (χ1n) is 14.0. The third-order valence-corrected chi connectivity index (χ3v) is 8.88. The lowest BCUT2D eigenvalue weighted by Gasteiger charge is -2.39. The number of esters is 1. The summed E-state index contributed by atoms with van der Waals surface area (Å²) in [6, 6.07) is 9.06. The molecule has 2 saturated carbocycles. The fraction of sp³-hybridized carbons (Fsp3) is 0.690. The molecule has 0 N–H and O–H groups in total. The largest absolute Gasteiger partial charge is 0.469 e. The number of nitrogens with zero attached hydrogens (tertiary/aromatic N) is 3. The number of hydrogen-bond acceptors (Lipinski definition) is 5. The van der Waals surface area contributed by atoms with E-state index in [2.05, 4.69) is 15.5 Å². The normalized spacial score (nSPS) is 25.4. The molecule has 1 aliphatic heterocycles. The van der Waals surface area contributed by atoms with Crippen LogP contribution in [0, 0.1) is 11.8 Å².